The number of benzene rings is 1. The van der Waals surface area contributed by atoms with Crippen LogP contribution in [0.5, 0.6) is 0 Å². The number of nitrogens with one attached hydrogen (secondary N) is 1. The Labute approximate surface area is 195 Å². The van der Waals surface area contributed by atoms with Crippen LogP contribution < -0.4 is 10.5 Å². The van der Waals surface area contributed by atoms with E-state index < -0.39 is 5.82 Å². The molecule has 3 heterocycles. The lowest BCUT2D eigenvalue weighted by molar-refractivity contribution is -0.115. The van der Waals surface area contributed by atoms with Crippen molar-refractivity contribution in [2.45, 2.75) is 43.5 Å². The molecule has 1 N–H and O–H groups in total. The molecule has 0 fully saturated rings. The van der Waals surface area contributed by atoms with Crippen molar-refractivity contribution >= 4 is 61.4 Å². The number of thioether (sulfide) groups is 1. The van der Waals surface area contributed by atoms with Gasteiger partial charge in [0.1, 0.15) is 10.6 Å². The molecule has 32 heavy (non-hydrogen) atoms. The second-order valence-electron chi connectivity index (χ2n) is 7.48. The van der Waals surface area contributed by atoms with E-state index in [1.165, 1.54) is 51.4 Å². The Balaban J connectivity index is 1.37. The van der Waals surface area contributed by atoms with Crippen LogP contribution in [0.3, 0.4) is 0 Å². The number of carbonyl (C=O) groups excluding carboxylic acids is 1. The lowest BCUT2D eigenvalue weighted by atomic mass is 9.97. The number of thiophene rings is 1. The summed E-state index contributed by atoms with van der Waals surface area (Å²) in [5.74, 6) is -0.330. The van der Waals surface area contributed by atoms with Crippen LogP contribution >= 0.6 is 34.4 Å². The fourth-order valence-electron chi connectivity index (χ4n) is 3.86. The van der Waals surface area contributed by atoms with Gasteiger partial charge in [-0.2, -0.15) is 0 Å². The SMILES string of the molecule is CC(=O)N(c1nc(CSc2nc3sc4c(c3c(=O)[nH]2)CCCC4)cs1)c1ccccc1F. The summed E-state index contributed by atoms with van der Waals surface area (Å²) in [4.78, 5) is 40.4. The van der Waals surface area contributed by atoms with E-state index in [0.717, 1.165) is 41.6 Å². The molecule has 6 nitrogen and oxygen atoms in total. The first-order chi connectivity index (χ1) is 15.5. The highest BCUT2D eigenvalue weighted by Gasteiger charge is 2.22. The zero-order valence-electron chi connectivity index (χ0n) is 17.2. The van der Waals surface area contributed by atoms with Gasteiger partial charge in [0.05, 0.1) is 16.8 Å². The van der Waals surface area contributed by atoms with E-state index in [9.17, 15) is 14.0 Å². The summed E-state index contributed by atoms with van der Waals surface area (Å²) in [6.45, 7) is 1.38. The molecule has 0 bridgehead atoms. The van der Waals surface area contributed by atoms with Crippen LogP contribution in [0.1, 0.15) is 35.9 Å². The maximum Gasteiger partial charge on any atom is 0.260 e. The Morgan fingerprint density at radius 2 is 2.06 bits per heavy atom. The minimum Gasteiger partial charge on any atom is -0.301 e. The predicted octanol–water partition coefficient (Wildman–Crippen LogP) is 5.44. The van der Waals surface area contributed by atoms with E-state index in [1.54, 1.807) is 29.5 Å². The monoisotopic (exact) mass is 486 g/mol. The average molecular weight is 487 g/mol. The number of thiazole rings is 1. The zero-order valence-corrected chi connectivity index (χ0v) is 19.6. The quantitative estimate of drug-likeness (QED) is 0.300. The summed E-state index contributed by atoms with van der Waals surface area (Å²) in [6.07, 6.45) is 4.25. The molecule has 0 saturated heterocycles. The van der Waals surface area contributed by atoms with Gasteiger partial charge in [-0.25, -0.2) is 14.4 Å². The molecule has 0 aliphatic heterocycles. The molecule has 4 aromatic rings. The molecule has 1 aromatic carbocycles. The van der Waals surface area contributed by atoms with Crippen molar-refractivity contribution in [3.8, 4) is 0 Å². The number of anilines is 2. The predicted molar refractivity (Wildman–Crippen MR) is 128 cm³/mol. The number of aromatic amines is 1. The van der Waals surface area contributed by atoms with Crippen LogP contribution in [0, 0.1) is 5.82 Å². The van der Waals surface area contributed by atoms with Crippen molar-refractivity contribution in [2.75, 3.05) is 4.90 Å². The van der Waals surface area contributed by atoms with E-state index >= 15 is 0 Å². The molecule has 0 saturated carbocycles. The summed E-state index contributed by atoms with van der Waals surface area (Å²) in [6, 6.07) is 6.13. The van der Waals surface area contributed by atoms with Crippen molar-refractivity contribution in [3.05, 3.63) is 62.0 Å². The lowest BCUT2D eigenvalue weighted by Gasteiger charge is -2.18. The topological polar surface area (TPSA) is 79.0 Å². The van der Waals surface area contributed by atoms with Crippen LogP contribution in [-0.2, 0) is 23.4 Å². The summed E-state index contributed by atoms with van der Waals surface area (Å²) in [5, 5.41) is 3.53. The first kappa shape index (κ1) is 21.3. The summed E-state index contributed by atoms with van der Waals surface area (Å²) >= 11 is 4.28. The fourth-order valence-corrected chi connectivity index (χ4v) is 6.92. The molecule has 10 heteroatoms. The Hall–Kier alpha value is -2.56. The van der Waals surface area contributed by atoms with Gasteiger partial charge < -0.3 is 4.98 Å². The van der Waals surface area contributed by atoms with Gasteiger partial charge in [-0.05, 0) is 43.4 Å². The molecular weight excluding hydrogens is 467 g/mol. The highest BCUT2D eigenvalue weighted by Crippen LogP contribution is 2.35. The van der Waals surface area contributed by atoms with E-state index in [2.05, 4.69) is 15.0 Å². The largest absolute Gasteiger partial charge is 0.301 e. The van der Waals surface area contributed by atoms with Gasteiger partial charge >= 0.3 is 0 Å². The lowest BCUT2D eigenvalue weighted by Crippen LogP contribution is -2.23. The van der Waals surface area contributed by atoms with Gasteiger partial charge in [0.25, 0.3) is 5.56 Å². The van der Waals surface area contributed by atoms with E-state index in [-0.39, 0.29) is 17.2 Å². The minimum atomic E-state index is -0.484. The van der Waals surface area contributed by atoms with Gasteiger partial charge in [0.2, 0.25) is 5.91 Å². The number of aromatic nitrogens is 3. The second kappa shape index (κ2) is 8.76. The van der Waals surface area contributed by atoms with Gasteiger partial charge in [-0.3, -0.25) is 14.5 Å². The Bertz CT molecular complexity index is 1380. The van der Waals surface area contributed by atoms with Crippen molar-refractivity contribution in [1.82, 2.24) is 15.0 Å². The smallest absolute Gasteiger partial charge is 0.260 e. The summed E-state index contributed by atoms with van der Waals surface area (Å²) in [7, 11) is 0. The second-order valence-corrected chi connectivity index (χ2v) is 10.4. The maximum absolute atomic E-state index is 14.3. The number of H-pyrrole nitrogens is 1. The molecule has 0 unspecified atom stereocenters. The first-order valence-corrected chi connectivity index (χ1v) is 12.9. The third-order valence-corrected chi connectivity index (χ3v) is 8.27. The number of para-hydroxylation sites is 1. The molecule has 1 aliphatic carbocycles. The van der Waals surface area contributed by atoms with Crippen molar-refractivity contribution in [3.63, 3.8) is 0 Å². The van der Waals surface area contributed by atoms with E-state index in [4.69, 9.17) is 0 Å². The Kier molecular flexibility index (Phi) is 5.83. The van der Waals surface area contributed by atoms with E-state index in [1.807, 2.05) is 5.38 Å². The number of nitrogens with zero attached hydrogens (tertiary/aromatic N) is 3. The molecule has 1 amide bonds. The Morgan fingerprint density at radius 1 is 1.25 bits per heavy atom. The van der Waals surface area contributed by atoms with Gasteiger partial charge in [0.15, 0.2) is 10.3 Å². The average Bonchev–Trinajstić information content (AvgIpc) is 3.38. The van der Waals surface area contributed by atoms with E-state index in [0.29, 0.717) is 16.0 Å². The van der Waals surface area contributed by atoms with Gasteiger partial charge in [-0.1, -0.05) is 23.9 Å². The highest BCUT2D eigenvalue weighted by molar-refractivity contribution is 7.98. The molecule has 3 aromatic heterocycles. The molecule has 0 radical (unpaired) electrons. The molecule has 5 rings (SSSR count). The zero-order chi connectivity index (χ0) is 22.2. The summed E-state index contributed by atoms with van der Waals surface area (Å²) in [5.41, 5.74) is 1.99. The molecule has 0 spiro atoms. The summed E-state index contributed by atoms with van der Waals surface area (Å²) < 4.78 is 14.3. The highest BCUT2D eigenvalue weighted by atomic mass is 32.2. The molecule has 164 valence electrons. The first-order valence-electron chi connectivity index (χ1n) is 10.2. The van der Waals surface area contributed by atoms with Crippen LogP contribution in [0.4, 0.5) is 15.2 Å². The van der Waals surface area contributed by atoms with Gasteiger partial charge in [0, 0.05) is 22.9 Å². The van der Waals surface area contributed by atoms with Crippen LogP contribution in [0.2, 0.25) is 0 Å². The number of halogens is 1. The Morgan fingerprint density at radius 3 is 2.88 bits per heavy atom. The minimum absolute atomic E-state index is 0.0850. The van der Waals surface area contributed by atoms with Crippen LogP contribution in [0.25, 0.3) is 10.2 Å². The van der Waals surface area contributed by atoms with Crippen LogP contribution in [0.15, 0.2) is 39.6 Å². The maximum atomic E-state index is 14.3. The number of amides is 1. The number of rotatable bonds is 5. The molecule has 1 aliphatic rings. The van der Waals surface area contributed by atoms with Gasteiger partial charge in [-0.15, -0.1) is 22.7 Å². The molecule has 0 atom stereocenters. The standard InChI is InChI=1S/C22H19FN4O2S3/c1-12(28)27(16-8-4-3-7-15(16)23)22-24-13(11-31-22)10-30-21-25-19(29)18-14-6-2-5-9-17(14)32-20(18)26-21/h3-4,7-8,11H,2,5-6,9-10H2,1H3,(H,25,26,29). The third kappa shape index (κ3) is 3.98. The van der Waals surface area contributed by atoms with Crippen molar-refractivity contribution in [1.29, 1.82) is 0 Å². The van der Waals surface area contributed by atoms with Crippen LogP contribution in [-0.4, -0.2) is 20.9 Å². The normalized spacial score (nSPS) is 13.3. The van der Waals surface area contributed by atoms with Crippen molar-refractivity contribution in [2.24, 2.45) is 0 Å². The number of hydrogen-bond donors (Lipinski definition) is 1. The molecular formula is C22H19FN4O2S3. The fraction of sp³-hybridized carbons (Fsp3) is 0.273. The van der Waals surface area contributed by atoms with Crippen molar-refractivity contribution < 1.29 is 9.18 Å². The number of hydrogen-bond acceptors (Lipinski definition) is 7. The number of carbonyl (C=O) groups is 1. The number of aryl methyl sites for hydroxylation is 2. The third-order valence-electron chi connectivity index (χ3n) is 5.30. The number of fused-ring (bicyclic) bond motifs is 3.